The van der Waals surface area contributed by atoms with Gasteiger partial charge in [-0.1, -0.05) is 77.6 Å². The van der Waals surface area contributed by atoms with Gasteiger partial charge < -0.3 is 5.11 Å². The molecule has 1 saturated carbocycles. The lowest BCUT2D eigenvalue weighted by Crippen LogP contribution is -2.22. The molecule has 0 aromatic carbocycles. The van der Waals surface area contributed by atoms with E-state index in [2.05, 4.69) is 6.92 Å². The maximum absolute atomic E-state index is 10.1. The van der Waals surface area contributed by atoms with E-state index in [0.717, 1.165) is 6.42 Å². The maximum Gasteiger partial charge on any atom is 0.0568 e. The van der Waals surface area contributed by atoms with Crippen molar-refractivity contribution in [1.82, 2.24) is 0 Å². The van der Waals surface area contributed by atoms with E-state index in [1.165, 1.54) is 83.5 Å². The minimum atomic E-state index is 0.00499. The van der Waals surface area contributed by atoms with E-state index in [4.69, 9.17) is 0 Å². The largest absolute Gasteiger partial charge is 0.393 e. The smallest absolute Gasteiger partial charge is 0.0568 e. The SMILES string of the molecule is CCCCCCCCCCC(O)C1CCCCC1. The summed E-state index contributed by atoms with van der Waals surface area (Å²) in [5.41, 5.74) is 0. The van der Waals surface area contributed by atoms with Gasteiger partial charge in [-0.2, -0.15) is 0 Å². The summed E-state index contributed by atoms with van der Waals surface area (Å²) < 4.78 is 0. The van der Waals surface area contributed by atoms with Crippen LogP contribution in [0.4, 0.5) is 0 Å². The molecule has 0 aromatic rings. The van der Waals surface area contributed by atoms with Crippen molar-refractivity contribution in [2.24, 2.45) is 5.92 Å². The number of aliphatic hydroxyl groups is 1. The number of rotatable bonds is 10. The van der Waals surface area contributed by atoms with Crippen LogP contribution in [0, 0.1) is 5.92 Å². The third kappa shape index (κ3) is 7.41. The van der Waals surface area contributed by atoms with Crippen molar-refractivity contribution in [1.29, 1.82) is 0 Å². The highest BCUT2D eigenvalue weighted by Gasteiger charge is 2.20. The van der Waals surface area contributed by atoms with Crippen LogP contribution in [-0.4, -0.2) is 11.2 Å². The Morgan fingerprint density at radius 2 is 1.39 bits per heavy atom. The van der Waals surface area contributed by atoms with E-state index in [9.17, 15) is 5.11 Å². The first kappa shape index (κ1) is 16.0. The molecule has 0 bridgehead atoms. The summed E-state index contributed by atoms with van der Waals surface area (Å²) in [6.07, 6.45) is 18.6. The minimum Gasteiger partial charge on any atom is -0.393 e. The zero-order valence-corrected chi connectivity index (χ0v) is 12.5. The molecule has 0 amide bonds. The van der Waals surface area contributed by atoms with Gasteiger partial charge in [0.15, 0.2) is 0 Å². The number of unbranched alkanes of at least 4 members (excludes halogenated alkanes) is 7. The summed E-state index contributed by atoms with van der Waals surface area (Å²) in [6, 6.07) is 0. The van der Waals surface area contributed by atoms with Gasteiger partial charge in [0.1, 0.15) is 0 Å². The first-order valence-electron chi connectivity index (χ1n) is 8.52. The van der Waals surface area contributed by atoms with Crippen LogP contribution in [0.25, 0.3) is 0 Å². The molecule has 0 aromatic heterocycles. The second-order valence-corrected chi connectivity index (χ2v) is 6.23. The van der Waals surface area contributed by atoms with Crippen molar-refractivity contribution in [3.63, 3.8) is 0 Å². The average molecular weight is 254 g/mol. The summed E-state index contributed by atoms with van der Waals surface area (Å²) in [5, 5.41) is 10.1. The molecule has 1 fully saturated rings. The fraction of sp³-hybridized carbons (Fsp3) is 1.00. The van der Waals surface area contributed by atoms with Crippen LogP contribution in [-0.2, 0) is 0 Å². The molecular formula is C17H34O. The van der Waals surface area contributed by atoms with Crippen molar-refractivity contribution in [3.8, 4) is 0 Å². The van der Waals surface area contributed by atoms with Crippen molar-refractivity contribution >= 4 is 0 Å². The van der Waals surface area contributed by atoms with Crippen molar-refractivity contribution in [2.45, 2.75) is 103 Å². The van der Waals surface area contributed by atoms with E-state index < -0.39 is 0 Å². The Labute approximate surface area is 114 Å². The van der Waals surface area contributed by atoms with Gasteiger partial charge in [-0.25, -0.2) is 0 Å². The van der Waals surface area contributed by atoms with Crippen LogP contribution in [0.5, 0.6) is 0 Å². The molecule has 1 rings (SSSR count). The van der Waals surface area contributed by atoms with Crippen LogP contribution in [0.1, 0.15) is 96.8 Å². The van der Waals surface area contributed by atoms with Crippen LogP contribution < -0.4 is 0 Å². The van der Waals surface area contributed by atoms with Crippen LogP contribution in [0.2, 0.25) is 0 Å². The van der Waals surface area contributed by atoms with Gasteiger partial charge in [-0.3, -0.25) is 0 Å². The first-order chi connectivity index (χ1) is 8.84. The van der Waals surface area contributed by atoms with Crippen LogP contribution >= 0.6 is 0 Å². The molecule has 1 aliphatic rings. The lowest BCUT2D eigenvalue weighted by atomic mass is 9.83. The van der Waals surface area contributed by atoms with Crippen molar-refractivity contribution in [3.05, 3.63) is 0 Å². The predicted octanol–water partition coefficient (Wildman–Crippen LogP) is 5.46. The van der Waals surface area contributed by atoms with Crippen molar-refractivity contribution in [2.75, 3.05) is 0 Å². The molecule has 0 heterocycles. The van der Waals surface area contributed by atoms with Crippen LogP contribution in [0.15, 0.2) is 0 Å². The number of hydrogen-bond acceptors (Lipinski definition) is 1. The van der Waals surface area contributed by atoms with E-state index >= 15 is 0 Å². The van der Waals surface area contributed by atoms with Crippen molar-refractivity contribution < 1.29 is 5.11 Å². The molecular weight excluding hydrogens is 220 g/mol. The third-order valence-corrected chi connectivity index (χ3v) is 4.55. The van der Waals surface area contributed by atoms with Crippen LogP contribution in [0.3, 0.4) is 0 Å². The molecule has 1 N–H and O–H groups in total. The standard InChI is InChI=1S/C17H34O/c1-2-3-4-5-6-7-8-12-15-17(18)16-13-10-9-11-14-16/h16-18H,2-15H2,1H3. The zero-order valence-electron chi connectivity index (χ0n) is 12.5. The summed E-state index contributed by atoms with van der Waals surface area (Å²) in [6.45, 7) is 2.27. The number of hydrogen-bond donors (Lipinski definition) is 1. The first-order valence-corrected chi connectivity index (χ1v) is 8.52. The van der Waals surface area contributed by atoms with Gasteiger partial charge in [-0.05, 0) is 25.2 Å². The van der Waals surface area contributed by atoms with E-state index in [1.54, 1.807) is 0 Å². The Bertz CT molecular complexity index is 172. The van der Waals surface area contributed by atoms with Gasteiger partial charge in [0.25, 0.3) is 0 Å². The fourth-order valence-electron chi connectivity index (χ4n) is 3.24. The summed E-state index contributed by atoms with van der Waals surface area (Å²) in [7, 11) is 0. The molecule has 18 heavy (non-hydrogen) atoms. The highest BCUT2D eigenvalue weighted by atomic mass is 16.3. The van der Waals surface area contributed by atoms with Gasteiger partial charge in [0.05, 0.1) is 6.10 Å². The summed E-state index contributed by atoms with van der Waals surface area (Å²) >= 11 is 0. The summed E-state index contributed by atoms with van der Waals surface area (Å²) in [4.78, 5) is 0. The maximum atomic E-state index is 10.1. The molecule has 0 aliphatic heterocycles. The predicted molar refractivity (Wildman–Crippen MR) is 79.8 cm³/mol. The molecule has 1 heteroatoms. The Hall–Kier alpha value is -0.0400. The second kappa shape index (κ2) is 10.8. The molecule has 1 unspecified atom stereocenters. The fourth-order valence-corrected chi connectivity index (χ4v) is 3.24. The average Bonchev–Trinajstić information content (AvgIpc) is 2.42. The molecule has 0 saturated heterocycles. The monoisotopic (exact) mass is 254 g/mol. The molecule has 1 aliphatic carbocycles. The molecule has 1 nitrogen and oxygen atoms in total. The highest BCUT2D eigenvalue weighted by molar-refractivity contribution is 4.73. The summed E-state index contributed by atoms with van der Waals surface area (Å²) in [5.74, 6) is 0.628. The highest BCUT2D eigenvalue weighted by Crippen LogP contribution is 2.28. The Morgan fingerprint density at radius 3 is 2.00 bits per heavy atom. The number of aliphatic hydroxyl groups excluding tert-OH is 1. The van der Waals surface area contributed by atoms with E-state index in [0.29, 0.717) is 5.92 Å². The van der Waals surface area contributed by atoms with Gasteiger partial charge in [-0.15, -0.1) is 0 Å². The van der Waals surface area contributed by atoms with Gasteiger partial charge in [0, 0.05) is 0 Å². The topological polar surface area (TPSA) is 20.2 Å². The molecule has 0 radical (unpaired) electrons. The van der Waals surface area contributed by atoms with Gasteiger partial charge >= 0.3 is 0 Å². The minimum absolute atomic E-state index is 0.00499. The second-order valence-electron chi connectivity index (χ2n) is 6.23. The van der Waals surface area contributed by atoms with Gasteiger partial charge in [0.2, 0.25) is 0 Å². The normalized spacial score (nSPS) is 19.0. The Kier molecular flexibility index (Phi) is 9.65. The molecule has 1 atom stereocenters. The molecule has 0 spiro atoms. The van der Waals surface area contributed by atoms with E-state index in [1.807, 2.05) is 0 Å². The third-order valence-electron chi connectivity index (χ3n) is 4.55. The lowest BCUT2D eigenvalue weighted by molar-refractivity contribution is 0.0748. The zero-order chi connectivity index (χ0) is 13.1. The quantitative estimate of drug-likeness (QED) is 0.513. The molecule has 108 valence electrons. The lowest BCUT2D eigenvalue weighted by Gasteiger charge is -2.26. The van der Waals surface area contributed by atoms with E-state index in [-0.39, 0.29) is 6.10 Å². The Morgan fingerprint density at radius 1 is 0.833 bits per heavy atom. The Balaban J connectivity index is 1.87.